The molecule has 134 valence electrons. The van der Waals surface area contributed by atoms with Crippen molar-refractivity contribution >= 4 is 33.4 Å². The SMILES string of the molecule is Cc1nc(C2=CCN(C(=O)CC(F)(F)F)C2)c2c(cnc3nccc32)[nH]1. The first-order valence-electron chi connectivity index (χ1n) is 7.96. The summed E-state index contributed by atoms with van der Waals surface area (Å²) in [4.78, 5) is 29.2. The zero-order valence-electron chi connectivity index (χ0n) is 13.8. The first-order chi connectivity index (χ1) is 12.3. The van der Waals surface area contributed by atoms with Crippen LogP contribution in [-0.2, 0) is 4.79 Å². The molecule has 1 aliphatic rings. The monoisotopic (exact) mass is 361 g/mol. The van der Waals surface area contributed by atoms with Gasteiger partial charge in [0.1, 0.15) is 12.2 Å². The van der Waals surface area contributed by atoms with Gasteiger partial charge in [0, 0.05) is 30.1 Å². The molecule has 0 saturated heterocycles. The van der Waals surface area contributed by atoms with Gasteiger partial charge < -0.3 is 9.88 Å². The molecular weight excluding hydrogens is 347 g/mol. The van der Waals surface area contributed by atoms with Crippen LogP contribution in [0.1, 0.15) is 17.9 Å². The maximum atomic E-state index is 12.5. The molecule has 0 saturated carbocycles. The number of halogens is 3. The highest BCUT2D eigenvalue weighted by atomic mass is 19.4. The van der Waals surface area contributed by atoms with Gasteiger partial charge >= 0.3 is 6.18 Å². The summed E-state index contributed by atoms with van der Waals surface area (Å²) in [7, 11) is 0. The van der Waals surface area contributed by atoms with E-state index in [0.29, 0.717) is 17.2 Å². The van der Waals surface area contributed by atoms with Gasteiger partial charge in [-0.05, 0) is 18.6 Å². The van der Waals surface area contributed by atoms with Crippen molar-refractivity contribution in [3.05, 3.63) is 36.1 Å². The number of carbonyl (C=O) groups excluding carboxylic acids is 1. The molecule has 1 amide bonds. The second-order valence-corrected chi connectivity index (χ2v) is 6.20. The number of hydrogen-bond acceptors (Lipinski definition) is 4. The molecule has 0 spiro atoms. The smallest absolute Gasteiger partial charge is 0.342 e. The Hall–Kier alpha value is -2.97. The number of hydrogen-bond donors (Lipinski definition) is 1. The van der Waals surface area contributed by atoms with E-state index in [1.807, 2.05) is 6.07 Å². The number of nitrogens with zero attached hydrogens (tertiary/aromatic N) is 4. The Labute approximate surface area is 145 Å². The van der Waals surface area contributed by atoms with E-state index in [1.165, 1.54) is 4.90 Å². The predicted octanol–water partition coefficient (Wildman–Crippen LogP) is 2.99. The minimum Gasteiger partial charge on any atom is -0.342 e. The number of amides is 1. The van der Waals surface area contributed by atoms with Crippen LogP contribution in [0.2, 0.25) is 0 Å². The number of aromatic nitrogens is 4. The van der Waals surface area contributed by atoms with Crippen LogP contribution >= 0.6 is 0 Å². The number of alkyl halides is 3. The van der Waals surface area contributed by atoms with E-state index in [-0.39, 0.29) is 13.1 Å². The third kappa shape index (κ3) is 2.89. The van der Waals surface area contributed by atoms with Crippen molar-refractivity contribution in [2.45, 2.75) is 19.5 Å². The topological polar surface area (TPSA) is 74.8 Å². The lowest BCUT2D eigenvalue weighted by molar-refractivity contribution is -0.160. The van der Waals surface area contributed by atoms with Crippen molar-refractivity contribution in [1.29, 1.82) is 0 Å². The maximum Gasteiger partial charge on any atom is 0.397 e. The zero-order chi connectivity index (χ0) is 18.5. The summed E-state index contributed by atoms with van der Waals surface area (Å²) in [6.07, 6.45) is -0.918. The Morgan fingerprint density at radius 1 is 1.35 bits per heavy atom. The number of carbonyl (C=O) groups is 1. The quantitative estimate of drug-likeness (QED) is 0.761. The highest BCUT2D eigenvalue weighted by Gasteiger charge is 2.34. The van der Waals surface area contributed by atoms with Gasteiger partial charge in [-0.15, -0.1) is 0 Å². The van der Waals surface area contributed by atoms with Crippen molar-refractivity contribution in [3.8, 4) is 0 Å². The average Bonchev–Trinajstić information content (AvgIpc) is 3.21. The zero-order valence-corrected chi connectivity index (χ0v) is 13.8. The Bertz CT molecular complexity index is 1050. The normalized spacial score (nSPS) is 15.1. The van der Waals surface area contributed by atoms with E-state index in [4.69, 9.17) is 0 Å². The molecule has 0 atom stereocenters. The summed E-state index contributed by atoms with van der Waals surface area (Å²) in [5.41, 5.74) is 2.69. The molecule has 0 fully saturated rings. The van der Waals surface area contributed by atoms with Crippen LogP contribution in [0.4, 0.5) is 13.2 Å². The van der Waals surface area contributed by atoms with Crippen molar-refractivity contribution in [1.82, 2.24) is 24.8 Å². The molecule has 4 rings (SSSR count). The molecule has 6 nitrogen and oxygen atoms in total. The number of nitrogens with one attached hydrogen (secondary N) is 1. The number of rotatable bonds is 2. The molecule has 3 aromatic rings. The molecular formula is C17H14F3N5O. The third-order valence-corrected chi connectivity index (χ3v) is 4.29. The first-order valence-corrected chi connectivity index (χ1v) is 7.96. The van der Waals surface area contributed by atoms with Crippen molar-refractivity contribution in [3.63, 3.8) is 0 Å². The predicted molar refractivity (Wildman–Crippen MR) is 89.2 cm³/mol. The fourth-order valence-corrected chi connectivity index (χ4v) is 3.19. The van der Waals surface area contributed by atoms with E-state index < -0.39 is 18.5 Å². The van der Waals surface area contributed by atoms with Gasteiger partial charge in [-0.3, -0.25) is 4.79 Å². The number of fused-ring (bicyclic) bond motifs is 3. The standard InChI is InChI=1S/C17H14F3N5O/c1-9-23-12-7-22-16-11(2-4-21-16)14(12)15(24-9)10-3-5-25(8-10)13(26)6-17(18,19)20/h2-4,7H,5-6,8H2,1H3,(H,23,24). The lowest BCUT2D eigenvalue weighted by Gasteiger charge is -2.18. The second-order valence-electron chi connectivity index (χ2n) is 6.20. The molecule has 9 heteroatoms. The molecule has 1 N–H and O–H groups in total. The summed E-state index contributed by atoms with van der Waals surface area (Å²) in [6, 6.07) is 1.82. The van der Waals surface area contributed by atoms with E-state index >= 15 is 0 Å². The minimum atomic E-state index is -4.51. The Balaban J connectivity index is 1.73. The molecule has 0 aliphatic carbocycles. The highest BCUT2D eigenvalue weighted by molar-refractivity contribution is 6.08. The van der Waals surface area contributed by atoms with Crippen LogP contribution in [0.5, 0.6) is 0 Å². The Morgan fingerprint density at radius 3 is 2.92 bits per heavy atom. The summed E-state index contributed by atoms with van der Waals surface area (Å²) < 4.78 is 37.5. The van der Waals surface area contributed by atoms with Crippen molar-refractivity contribution in [2.75, 3.05) is 13.1 Å². The molecule has 0 bridgehead atoms. The van der Waals surface area contributed by atoms with E-state index in [9.17, 15) is 18.0 Å². The van der Waals surface area contributed by atoms with Gasteiger partial charge in [0.05, 0.1) is 17.4 Å². The van der Waals surface area contributed by atoms with E-state index in [2.05, 4.69) is 19.9 Å². The van der Waals surface area contributed by atoms with Gasteiger partial charge in [-0.1, -0.05) is 6.08 Å². The minimum absolute atomic E-state index is 0.0957. The molecule has 3 aromatic heterocycles. The van der Waals surface area contributed by atoms with Crippen LogP contribution in [0, 0.1) is 6.92 Å². The van der Waals surface area contributed by atoms with Gasteiger partial charge in [0.2, 0.25) is 5.91 Å². The fraction of sp³-hybridized carbons (Fsp3) is 0.294. The largest absolute Gasteiger partial charge is 0.397 e. The average molecular weight is 361 g/mol. The first kappa shape index (κ1) is 16.5. The molecule has 0 radical (unpaired) electrons. The van der Waals surface area contributed by atoms with E-state index in [1.54, 1.807) is 25.4 Å². The maximum absolute atomic E-state index is 12.5. The second kappa shape index (κ2) is 5.79. The molecule has 0 aromatic carbocycles. The lowest BCUT2D eigenvalue weighted by atomic mass is 10.1. The molecule has 1 aliphatic heterocycles. The molecule has 0 unspecified atom stereocenters. The lowest BCUT2D eigenvalue weighted by Crippen LogP contribution is -2.32. The number of aromatic amines is 1. The van der Waals surface area contributed by atoms with Crippen molar-refractivity contribution < 1.29 is 18.0 Å². The number of aryl methyl sites for hydroxylation is 1. The van der Waals surface area contributed by atoms with Crippen LogP contribution in [0.15, 0.2) is 24.5 Å². The van der Waals surface area contributed by atoms with Crippen LogP contribution in [-0.4, -0.2) is 50.0 Å². The van der Waals surface area contributed by atoms with E-state index in [0.717, 1.165) is 21.9 Å². The third-order valence-electron chi connectivity index (χ3n) is 4.29. The summed E-state index contributed by atoms with van der Waals surface area (Å²) in [5.74, 6) is -0.289. The summed E-state index contributed by atoms with van der Waals surface area (Å²) in [6.45, 7) is 2.02. The Kier molecular flexibility index (Phi) is 3.67. The summed E-state index contributed by atoms with van der Waals surface area (Å²) >= 11 is 0. The number of pyridine rings is 1. The molecule has 4 heterocycles. The van der Waals surface area contributed by atoms with Crippen molar-refractivity contribution in [2.24, 2.45) is 0 Å². The number of H-pyrrole nitrogens is 1. The van der Waals surface area contributed by atoms with Crippen LogP contribution < -0.4 is 0 Å². The molecule has 26 heavy (non-hydrogen) atoms. The van der Waals surface area contributed by atoms with Gasteiger partial charge in [-0.2, -0.15) is 13.2 Å². The van der Waals surface area contributed by atoms with Crippen LogP contribution in [0.3, 0.4) is 0 Å². The van der Waals surface area contributed by atoms with Gasteiger partial charge in [0.15, 0.2) is 5.65 Å². The van der Waals surface area contributed by atoms with Gasteiger partial charge in [0.25, 0.3) is 0 Å². The summed E-state index contributed by atoms with van der Waals surface area (Å²) in [5, 5.41) is 1.61. The fourth-order valence-electron chi connectivity index (χ4n) is 3.19. The highest BCUT2D eigenvalue weighted by Crippen LogP contribution is 2.31. The Morgan fingerprint density at radius 2 is 2.15 bits per heavy atom. The van der Waals surface area contributed by atoms with Crippen LogP contribution in [0.25, 0.3) is 27.5 Å². The van der Waals surface area contributed by atoms with Gasteiger partial charge in [-0.25, -0.2) is 15.0 Å².